The van der Waals surface area contributed by atoms with Gasteiger partial charge in [-0.05, 0) is 20.0 Å². The highest BCUT2D eigenvalue weighted by Gasteiger charge is 2.31. The number of Topliss-reactive ketones (excluding diaryl/α,β-unsaturated/α-hetero) is 1. The minimum atomic E-state index is 0.224. The number of ketones is 1. The van der Waals surface area contributed by atoms with Crippen LogP contribution < -0.4 is 0 Å². The van der Waals surface area contributed by atoms with Gasteiger partial charge in [0.1, 0.15) is 0 Å². The van der Waals surface area contributed by atoms with E-state index in [9.17, 15) is 4.79 Å². The van der Waals surface area contributed by atoms with Crippen LogP contribution in [0.15, 0.2) is 30.3 Å². The van der Waals surface area contributed by atoms with Crippen LogP contribution in [-0.2, 0) is 0 Å². The molecule has 18 heavy (non-hydrogen) atoms. The van der Waals surface area contributed by atoms with Crippen molar-refractivity contribution in [3.63, 3.8) is 0 Å². The van der Waals surface area contributed by atoms with Crippen molar-refractivity contribution in [1.82, 2.24) is 9.80 Å². The first-order valence-electron chi connectivity index (χ1n) is 6.55. The van der Waals surface area contributed by atoms with Gasteiger partial charge in [0.15, 0.2) is 5.78 Å². The van der Waals surface area contributed by atoms with Crippen LogP contribution in [0, 0.1) is 5.92 Å². The Hall–Kier alpha value is -1.19. The van der Waals surface area contributed by atoms with Crippen LogP contribution in [0.5, 0.6) is 0 Å². The predicted molar refractivity (Wildman–Crippen MR) is 73.9 cm³/mol. The van der Waals surface area contributed by atoms with Crippen molar-refractivity contribution in [2.45, 2.75) is 13.0 Å². The molecule has 1 aliphatic rings. The van der Waals surface area contributed by atoms with Crippen LogP contribution in [-0.4, -0.2) is 55.4 Å². The van der Waals surface area contributed by atoms with Crippen molar-refractivity contribution >= 4 is 5.78 Å². The molecule has 1 saturated heterocycles. The number of carbonyl (C=O) groups excluding carboxylic acids is 1. The van der Waals surface area contributed by atoms with Gasteiger partial charge in [0.25, 0.3) is 0 Å². The molecule has 1 fully saturated rings. The molecular formula is C15H22N2O. The Balaban J connectivity index is 1.94. The van der Waals surface area contributed by atoms with E-state index >= 15 is 0 Å². The van der Waals surface area contributed by atoms with Gasteiger partial charge in [-0.15, -0.1) is 0 Å². The van der Waals surface area contributed by atoms with E-state index in [-0.39, 0.29) is 5.78 Å². The Labute approximate surface area is 109 Å². The first-order valence-corrected chi connectivity index (χ1v) is 6.55. The Kier molecular flexibility index (Phi) is 4.15. The average Bonchev–Trinajstić information content (AvgIpc) is 2.71. The molecule has 1 heterocycles. The number of hydrogen-bond acceptors (Lipinski definition) is 3. The van der Waals surface area contributed by atoms with Crippen LogP contribution in [0.3, 0.4) is 0 Å². The van der Waals surface area contributed by atoms with E-state index < -0.39 is 0 Å². The zero-order valence-electron chi connectivity index (χ0n) is 11.5. The standard InChI is InChI=1S/C15H22N2O/c1-12-9-17(10-14(12)16(2)3)11-15(18)13-7-5-4-6-8-13/h4-8,12,14H,9-11H2,1-3H3. The van der Waals surface area contributed by atoms with Crippen LogP contribution in [0.25, 0.3) is 0 Å². The first-order chi connectivity index (χ1) is 8.58. The fourth-order valence-corrected chi connectivity index (χ4v) is 2.77. The molecule has 0 amide bonds. The van der Waals surface area contributed by atoms with Crippen LogP contribution >= 0.6 is 0 Å². The number of likely N-dealkylation sites (tertiary alicyclic amines) is 1. The normalized spacial score (nSPS) is 24.7. The summed E-state index contributed by atoms with van der Waals surface area (Å²) in [7, 11) is 4.23. The van der Waals surface area contributed by atoms with Crippen molar-refractivity contribution < 1.29 is 4.79 Å². The van der Waals surface area contributed by atoms with E-state index in [1.165, 1.54) is 0 Å². The van der Waals surface area contributed by atoms with Crippen molar-refractivity contribution in [3.8, 4) is 0 Å². The van der Waals surface area contributed by atoms with Crippen LogP contribution in [0.1, 0.15) is 17.3 Å². The lowest BCUT2D eigenvalue weighted by Gasteiger charge is -2.22. The molecular weight excluding hydrogens is 224 g/mol. The Morgan fingerprint density at radius 1 is 1.28 bits per heavy atom. The third-order valence-corrected chi connectivity index (χ3v) is 3.77. The largest absolute Gasteiger partial charge is 0.305 e. The number of rotatable bonds is 4. The maximum atomic E-state index is 12.1. The van der Waals surface area contributed by atoms with E-state index in [0.29, 0.717) is 18.5 Å². The second kappa shape index (κ2) is 5.63. The summed E-state index contributed by atoms with van der Waals surface area (Å²) in [6, 6.07) is 10.1. The Bertz CT molecular complexity index is 402. The number of nitrogens with zero attached hydrogens (tertiary/aromatic N) is 2. The van der Waals surface area contributed by atoms with E-state index in [1.807, 2.05) is 30.3 Å². The molecule has 2 rings (SSSR count). The Morgan fingerprint density at radius 2 is 1.94 bits per heavy atom. The summed E-state index contributed by atoms with van der Waals surface area (Å²) in [6.45, 7) is 4.81. The van der Waals surface area contributed by atoms with E-state index in [0.717, 1.165) is 18.7 Å². The fraction of sp³-hybridized carbons (Fsp3) is 0.533. The van der Waals surface area contributed by atoms with Crippen molar-refractivity contribution in [3.05, 3.63) is 35.9 Å². The number of benzene rings is 1. The van der Waals surface area contributed by atoms with E-state index in [1.54, 1.807) is 0 Å². The highest BCUT2D eigenvalue weighted by molar-refractivity contribution is 5.97. The molecule has 0 N–H and O–H groups in total. The summed E-state index contributed by atoms with van der Waals surface area (Å²) < 4.78 is 0. The molecule has 0 spiro atoms. The summed E-state index contributed by atoms with van der Waals surface area (Å²) in [4.78, 5) is 16.7. The molecule has 3 heteroatoms. The summed E-state index contributed by atoms with van der Waals surface area (Å²) in [5, 5.41) is 0. The van der Waals surface area contributed by atoms with E-state index in [2.05, 4.69) is 30.8 Å². The van der Waals surface area contributed by atoms with Crippen molar-refractivity contribution in [2.24, 2.45) is 5.92 Å². The Morgan fingerprint density at radius 3 is 2.50 bits per heavy atom. The van der Waals surface area contributed by atoms with Gasteiger partial charge in [0.2, 0.25) is 0 Å². The molecule has 0 bridgehead atoms. The molecule has 0 aliphatic carbocycles. The smallest absolute Gasteiger partial charge is 0.176 e. The minimum absolute atomic E-state index is 0.224. The summed E-state index contributed by atoms with van der Waals surface area (Å²) in [6.07, 6.45) is 0. The second-order valence-corrected chi connectivity index (χ2v) is 5.49. The first kappa shape index (κ1) is 13.2. The van der Waals surface area contributed by atoms with Gasteiger partial charge in [-0.1, -0.05) is 37.3 Å². The lowest BCUT2D eigenvalue weighted by atomic mass is 10.1. The van der Waals surface area contributed by atoms with Crippen LogP contribution in [0.2, 0.25) is 0 Å². The lowest BCUT2D eigenvalue weighted by molar-refractivity contribution is 0.0941. The van der Waals surface area contributed by atoms with Gasteiger partial charge in [-0.2, -0.15) is 0 Å². The maximum absolute atomic E-state index is 12.1. The molecule has 1 aromatic carbocycles. The van der Waals surface area contributed by atoms with Gasteiger partial charge in [-0.3, -0.25) is 9.69 Å². The second-order valence-electron chi connectivity index (χ2n) is 5.49. The molecule has 1 aliphatic heterocycles. The molecule has 3 nitrogen and oxygen atoms in total. The van der Waals surface area contributed by atoms with Gasteiger partial charge >= 0.3 is 0 Å². The summed E-state index contributed by atoms with van der Waals surface area (Å²) in [5.41, 5.74) is 0.818. The molecule has 2 atom stereocenters. The number of hydrogen-bond donors (Lipinski definition) is 0. The van der Waals surface area contributed by atoms with Gasteiger partial charge in [-0.25, -0.2) is 0 Å². The number of carbonyl (C=O) groups is 1. The van der Waals surface area contributed by atoms with Gasteiger partial charge < -0.3 is 4.90 Å². The number of likely N-dealkylation sites (N-methyl/N-ethyl adjacent to an activating group) is 1. The third kappa shape index (κ3) is 2.98. The van der Waals surface area contributed by atoms with Crippen LogP contribution in [0.4, 0.5) is 0 Å². The van der Waals surface area contributed by atoms with Gasteiger partial charge in [0, 0.05) is 24.7 Å². The molecule has 0 aromatic heterocycles. The zero-order valence-corrected chi connectivity index (χ0v) is 11.5. The average molecular weight is 246 g/mol. The summed E-state index contributed by atoms with van der Waals surface area (Å²) in [5.74, 6) is 0.853. The monoisotopic (exact) mass is 246 g/mol. The van der Waals surface area contributed by atoms with Crippen molar-refractivity contribution in [1.29, 1.82) is 0 Å². The minimum Gasteiger partial charge on any atom is -0.305 e. The molecule has 98 valence electrons. The SMILES string of the molecule is CC1CN(CC(=O)c2ccccc2)CC1N(C)C. The topological polar surface area (TPSA) is 23.6 Å². The highest BCUT2D eigenvalue weighted by atomic mass is 16.1. The maximum Gasteiger partial charge on any atom is 0.176 e. The lowest BCUT2D eigenvalue weighted by Crippen LogP contribution is -2.35. The van der Waals surface area contributed by atoms with E-state index in [4.69, 9.17) is 0 Å². The molecule has 0 radical (unpaired) electrons. The molecule has 1 aromatic rings. The third-order valence-electron chi connectivity index (χ3n) is 3.77. The van der Waals surface area contributed by atoms with Gasteiger partial charge in [0.05, 0.1) is 6.54 Å². The van der Waals surface area contributed by atoms with Crippen molar-refractivity contribution in [2.75, 3.05) is 33.7 Å². The fourth-order valence-electron chi connectivity index (χ4n) is 2.77. The summed E-state index contributed by atoms with van der Waals surface area (Å²) >= 11 is 0. The molecule has 2 unspecified atom stereocenters. The highest BCUT2D eigenvalue weighted by Crippen LogP contribution is 2.20. The quantitative estimate of drug-likeness (QED) is 0.756. The predicted octanol–water partition coefficient (Wildman–Crippen LogP) is 1.75. The zero-order chi connectivity index (χ0) is 13.1. The molecule has 0 saturated carbocycles.